The lowest BCUT2D eigenvalue weighted by Crippen LogP contribution is -2.43. The summed E-state index contributed by atoms with van der Waals surface area (Å²) in [6.45, 7) is 10.6. The third-order valence-electron chi connectivity index (χ3n) is 3.59. The Morgan fingerprint density at radius 1 is 1.29 bits per heavy atom. The van der Waals surface area contributed by atoms with E-state index in [4.69, 9.17) is 0 Å². The number of nitrogens with one attached hydrogen (secondary N) is 1. The summed E-state index contributed by atoms with van der Waals surface area (Å²) in [7, 11) is 2.22. The molecule has 0 aromatic rings. The molecule has 0 radical (unpaired) electrons. The van der Waals surface area contributed by atoms with E-state index in [2.05, 4.69) is 38.0 Å². The van der Waals surface area contributed by atoms with E-state index < -0.39 is 0 Å². The number of rotatable bonds is 4. The molecule has 0 bridgehead atoms. The Morgan fingerprint density at radius 3 is 2.36 bits per heavy atom. The maximum absolute atomic E-state index is 3.67. The summed E-state index contributed by atoms with van der Waals surface area (Å²) in [5, 5.41) is 3.67. The van der Waals surface area contributed by atoms with E-state index in [1.807, 2.05) is 0 Å². The first-order chi connectivity index (χ1) is 6.53. The minimum absolute atomic E-state index is 0.323. The fourth-order valence-corrected chi connectivity index (χ4v) is 1.81. The van der Waals surface area contributed by atoms with Gasteiger partial charge >= 0.3 is 0 Å². The second-order valence-corrected chi connectivity index (χ2v) is 5.36. The van der Waals surface area contributed by atoms with Crippen molar-refractivity contribution in [1.82, 2.24) is 10.2 Å². The van der Waals surface area contributed by atoms with Crippen molar-refractivity contribution in [2.45, 2.75) is 45.6 Å². The van der Waals surface area contributed by atoms with Crippen LogP contribution in [0, 0.1) is 5.92 Å². The van der Waals surface area contributed by atoms with Crippen LogP contribution in [0.5, 0.6) is 0 Å². The summed E-state index contributed by atoms with van der Waals surface area (Å²) < 4.78 is 0. The van der Waals surface area contributed by atoms with Gasteiger partial charge in [-0.05, 0) is 65.7 Å². The smallest absolute Gasteiger partial charge is 0.0122 e. The van der Waals surface area contributed by atoms with Crippen molar-refractivity contribution >= 4 is 0 Å². The monoisotopic (exact) mass is 198 g/mol. The second-order valence-electron chi connectivity index (χ2n) is 5.36. The van der Waals surface area contributed by atoms with Gasteiger partial charge in [-0.15, -0.1) is 0 Å². The van der Waals surface area contributed by atoms with Crippen LogP contribution in [0.1, 0.15) is 40.0 Å². The van der Waals surface area contributed by atoms with E-state index in [1.54, 1.807) is 0 Å². The Labute approximate surface area is 89.1 Å². The summed E-state index contributed by atoms with van der Waals surface area (Å²) in [6, 6.07) is 0. The number of hydrogen-bond acceptors (Lipinski definition) is 2. The molecular formula is C12H26N2. The summed E-state index contributed by atoms with van der Waals surface area (Å²) in [5.41, 5.74) is 0.323. The van der Waals surface area contributed by atoms with Gasteiger partial charge in [-0.1, -0.05) is 6.92 Å². The second kappa shape index (κ2) is 5.13. The van der Waals surface area contributed by atoms with Gasteiger partial charge in [-0.2, -0.15) is 0 Å². The molecule has 1 saturated heterocycles. The molecular weight excluding hydrogens is 172 g/mol. The molecule has 1 aliphatic heterocycles. The van der Waals surface area contributed by atoms with Gasteiger partial charge in [-0.25, -0.2) is 0 Å². The van der Waals surface area contributed by atoms with Gasteiger partial charge in [0.15, 0.2) is 0 Å². The summed E-state index contributed by atoms with van der Waals surface area (Å²) in [5.74, 6) is 0.900. The molecule has 0 aliphatic carbocycles. The molecule has 2 nitrogen and oxygen atoms in total. The van der Waals surface area contributed by atoms with E-state index in [1.165, 1.54) is 38.9 Å². The number of piperidine rings is 1. The first-order valence-corrected chi connectivity index (χ1v) is 5.97. The van der Waals surface area contributed by atoms with Gasteiger partial charge < -0.3 is 10.2 Å². The highest BCUT2D eigenvalue weighted by molar-refractivity contribution is 4.79. The van der Waals surface area contributed by atoms with Crippen LogP contribution in [0.3, 0.4) is 0 Å². The zero-order chi connectivity index (χ0) is 10.6. The molecule has 0 saturated carbocycles. The molecule has 84 valence electrons. The van der Waals surface area contributed by atoms with Crippen molar-refractivity contribution < 1.29 is 0 Å². The first kappa shape index (κ1) is 12.0. The number of nitrogens with zero attached hydrogens (tertiary/aromatic N) is 1. The predicted molar refractivity (Wildman–Crippen MR) is 62.6 cm³/mol. The van der Waals surface area contributed by atoms with Gasteiger partial charge in [0.2, 0.25) is 0 Å². The maximum atomic E-state index is 3.67. The SMILES string of the molecule is CCC(C)(C)NCC1CCN(C)CC1. The van der Waals surface area contributed by atoms with Crippen LogP contribution in [0.4, 0.5) is 0 Å². The fraction of sp³-hybridized carbons (Fsp3) is 1.00. The minimum atomic E-state index is 0.323. The lowest BCUT2D eigenvalue weighted by atomic mass is 9.94. The quantitative estimate of drug-likeness (QED) is 0.744. The molecule has 1 aliphatic rings. The van der Waals surface area contributed by atoms with Gasteiger partial charge in [0.25, 0.3) is 0 Å². The van der Waals surface area contributed by atoms with Crippen LogP contribution in [-0.2, 0) is 0 Å². The highest BCUT2D eigenvalue weighted by Crippen LogP contribution is 2.16. The lowest BCUT2D eigenvalue weighted by Gasteiger charge is -2.32. The molecule has 1 N–H and O–H groups in total. The molecule has 1 rings (SSSR count). The average molecular weight is 198 g/mol. The normalized spacial score (nSPS) is 21.4. The van der Waals surface area contributed by atoms with E-state index in [9.17, 15) is 0 Å². The Hall–Kier alpha value is -0.0800. The molecule has 2 heteroatoms. The fourth-order valence-electron chi connectivity index (χ4n) is 1.81. The molecule has 1 heterocycles. The van der Waals surface area contributed by atoms with Crippen LogP contribution < -0.4 is 5.32 Å². The average Bonchev–Trinajstić information content (AvgIpc) is 2.17. The highest BCUT2D eigenvalue weighted by Gasteiger charge is 2.20. The Morgan fingerprint density at radius 2 is 1.86 bits per heavy atom. The molecule has 14 heavy (non-hydrogen) atoms. The van der Waals surface area contributed by atoms with Crippen LogP contribution >= 0.6 is 0 Å². The number of likely N-dealkylation sites (tertiary alicyclic amines) is 1. The van der Waals surface area contributed by atoms with Crippen LogP contribution in [0.15, 0.2) is 0 Å². The molecule has 0 amide bonds. The zero-order valence-corrected chi connectivity index (χ0v) is 10.3. The molecule has 0 unspecified atom stereocenters. The Kier molecular flexibility index (Phi) is 4.39. The predicted octanol–water partition coefficient (Wildman–Crippen LogP) is 2.11. The topological polar surface area (TPSA) is 15.3 Å². The molecule has 0 aromatic carbocycles. The van der Waals surface area contributed by atoms with Gasteiger partial charge in [0, 0.05) is 5.54 Å². The maximum Gasteiger partial charge on any atom is 0.0122 e. The standard InChI is InChI=1S/C12H26N2/c1-5-12(2,3)13-10-11-6-8-14(4)9-7-11/h11,13H,5-10H2,1-4H3. The molecule has 0 aromatic heterocycles. The van der Waals surface area contributed by atoms with E-state index in [0.29, 0.717) is 5.54 Å². The van der Waals surface area contributed by atoms with Crippen LogP contribution in [0.25, 0.3) is 0 Å². The zero-order valence-electron chi connectivity index (χ0n) is 10.3. The highest BCUT2D eigenvalue weighted by atomic mass is 15.1. The third kappa shape index (κ3) is 3.97. The van der Waals surface area contributed by atoms with Gasteiger partial charge in [-0.3, -0.25) is 0 Å². The third-order valence-corrected chi connectivity index (χ3v) is 3.59. The van der Waals surface area contributed by atoms with Crippen LogP contribution in [0.2, 0.25) is 0 Å². The Balaban J connectivity index is 2.19. The molecule has 0 atom stereocenters. The van der Waals surface area contributed by atoms with E-state index >= 15 is 0 Å². The van der Waals surface area contributed by atoms with Crippen molar-refractivity contribution in [2.75, 3.05) is 26.7 Å². The lowest BCUT2D eigenvalue weighted by molar-refractivity contribution is 0.204. The largest absolute Gasteiger partial charge is 0.312 e. The van der Waals surface area contributed by atoms with Crippen molar-refractivity contribution in [3.8, 4) is 0 Å². The molecule has 0 spiro atoms. The summed E-state index contributed by atoms with van der Waals surface area (Å²) >= 11 is 0. The van der Waals surface area contributed by atoms with Gasteiger partial charge in [0.1, 0.15) is 0 Å². The first-order valence-electron chi connectivity index (χ1n) is 5.97. The van der Waals surface area contributed by atoms with Gasteiger partial charge in [0.05, 0.1) is 0 Å². The van der Waals surface area contributed by atoms with Crippen molar-refractivity contribution in [3.63, 3.8) is 0 Å². The van der Waals surface area contributed by atoms with Crippen molar-refractivity contribution in [2.24, 2.45) is 5.92 Å². The number of hydrogen-bond donors (Lipinski definition) is 1. The van der Waals surface area contributed by atoms with E-state index in [0.717, 1.165) is 5.92 Å². The Bertz CT molecular complexity index is 158. The molecule has 1 fully saturated rings. The van der Waals surface area contributed by atoms with E-state index in [-0.39, 0.29) is 0 Å². The van der Waals surface area contributed by atoms with Crippen molar-refractivity contribution in [3.05, 3.63) is 0 Å². The van der Waals surface area contributed by atoms with Crippen molar-refractivity contribution in [1.29, 1.82) is 0 Å². The summed E-state index contributed by atoms with van der Waals surface area (Å²) in [6.07, 6.45) is 3.94. The minimum Gasteiger partial charge on any atom is -0.312 e. The van der Waals surface area contributed by atoms with Crippen LogP contribution in [-0.4, -0.2) is 37.1 Å². The summed E-state index contributed by atoms with van der Waals surface area (Å²) in [4.78, 5) is 2.43.